The van der Waals surface area contributed by atoms with Crippen LogP contribution in [0.4, 0.5) is 11.4 Å². The van der Waals surface area contributed by atoms with Crippen LogP contribution >= 0.6 is 23.2 Å². The van der Waals surface area contributed by atoms with Gasteiger partial charge in [0, 0.05) is 17.7 Å². The van der Waals surface area contributed by atoms with Gasteiger partial charge in [-0.25, -0.2) is 4.79 Å². The number of rotatable bonds is 4. The van der Waals surface area contributed by atoms with Gasteiger partial charge in [0.25, 0.3) is 11.4 Å². The largest absolute Gasteiger partial charge is 0.478 e. The number of nitro benzene ring substituents is 2. The van der Waals surface area contributed by atoms with E-state index >= 15 is 0 Å². The van der Waals surface area contributed by atoms with Crippen LogP contribution in [0.5, 0.6) is 0 Å². The number of nitrogens with two attached hydrogens (primary N) is 1. The van der Waals surface area contributed by atoms with Gasteiger partial charge in [0.15, 0.2) is 0 Å². The Morgan fingerprint density at radius 3 is 1.62 bits per heavy atom. The van der Waals surface area contributed by atoms with Crippen LogP contribution in [0.25, 0.3) is 0 Å². The smallest absolute Gasteiger partial charge is 0.335 e. The van der Waals surface area contributed by atoms with E-state index in [1.807, 2.05) is 0 Å². The number of amides is 1. The number of carbonyl (C=O) groups excluding carboxylic acids is 1. The molecule has 10 nitrogen and oxygen atoms in total. The number of hydrogen-bond donors (Lipinski definition) is 2. The van der Waals surface area contributed by atoms with Gasteiger partial charge in [-0.05, 0) is 24.3 Å². The van der Waals surface area contributed by atoms with Crippen LogP contribution in [0, 0.1) is 20.2 Å². The molecule has 2 rings (SSSR count). The third kappa shape index (κ3) is 5.40. The summed E-state index contributed by atoms with van der Waals surface area (Å²) in [5.74, 6) is -1.94. The lowest BCUT2D eigenvalue weighted by atomic mass is 10.2. The summed E-state index contributed by atoms with van der Waals surface area (Å²) in [6, 6.07) is 6.95. The van der Waals surface area contributed by atoms with Crippen molar-refractivity contribution in [2.24, 2.45) is 5.73 Å². The van der Waals surface area contributed by atoms with Gasteiger partial charge in [-0.1, -0.05) is 23.2 Å². The van der Waals surface area contributed by atoms with Crippen LogP contribution < -0.4 is 5.73 Å². The van der Waals surface area contributed by atoms with Crippen molar-refractivity contribution in [3.63, 3.8) is 0 Å². The Hall–Kier alpha value is -3.24. The maximum Gasteiger partial charge on any atom is 0.335 e. The van der Waals surface area contributed by atoms with E-state index in [-0.39, 0.29) is 26.9 Å². The first-order chi connectivity index (χ1) is 12.0. The molecule has 0 radical (unpaired) electrons. The summed E-state index contributed by atoms with van der Waals surface area (Å²) in [5.41, 5.74) is 4.12. The zero-order valence-corrected chi connectivity index (χ0v) is 14.1. The number of hydrogen-bond acceptors (Lipinski definition) is 6. The number of halogens is 2. The average Bonchev–Trinajstić information content (AvgIpc) is 2.55. The molecule has 1 amide bonds. The molecule has 2 aromatic rings. The van der Waals surface area contributed by atoms with Crippen LogP contribution in [-0.2, 0) is 0 Å². The van der Waals surface area contributed by atoms with Crippen molar-refractivity contribution >= 4 is 46.5 Å². The molecule has 26 heavy (non-hydrogen) atoms. The lowest BCUT2D eigenvalue weighted by molar-refractivity contribution is -0.384. The predicted octanol–water partition coefficient (Wildman–Crippen LogP) is 3.29. The van der Waals surface area contributed by atoms with Crippen LogP contribution in [-0.4, -0.2) is 26.8 Å². The first-order valence-corrected chi connectivity index (χ1v) is 7.21. The number of carboxylic acid groups (broad SMARTS) is 1. The molecule has 0 fully saturated rings. The second-order valence-electron chi connectivity index (χ2n) is 4.52. The molecule has 12 heteroatoms. The number of carboxylic acids is 1. The van der Waals surface area contributed by atoms with Crippen LogP contribution in [0.1, 0.15) is 20.7 Å². The van der Waals surface area contributed by atoms with Gasteiger partial charge in [0.05, 0.1) is 15.4 Å². The number of nitrogens with zero attached hydrogens (tertiary/aromatic N) is 2. The predicted molar refractivity (Wildman–Crippen MR) is 91.7 cm³/mol. The molecule has 0 saturated heterocycles. The van der Waals surface area contributed by atoms with E-state index in [4.69, 9.17) is 34.0 Å². The number of primary amides is 1. The first-order valence-electron chi connectivity index (χ1n) is 6.45. The summed E-state index contributed by atoms with van der Waals surface area (Å²) in [6.07, 6.45) is 0. The highest BCUT2D eigenvalue weighted by Gasteiger charge is 2.15. The highest BCUT2D eigenvalue weighted by molar-refractivity contribution is 6.33. The Balaban J connectivity index is 0.000000260. The summed E-state index contributed by atoms with van der Waals surface area (Å²) in [4.78, 5) is 40.4. The molecule has 0 spiro atoms. The van der Waals surface area contributed by atoms with E-state index in [0.29, 0.717) is 0 Å². The molecule has 0 unspecified atom stereocenters. The van der Waals surface area contributed by atoms with Crippen molar-refractivity contribution in [3.05, 3.63) is 77.8 Å². The van der Waals surface area contributed by atoms with E-state index in [0.717, 1.165) is 12.1 Å². The van der Waals surface area contributed by atoms with Crippen molar-refractivity contribution in [3.8, 4) is 0 Å². The Morgan fingerprint density at radius 2 is 1.27 bits per heavy atom. The Bertz CT molecular complexity index is 829. The van der Waals surface area contributed by atoms with E-state index in [2.05, 4.69) is 0 Å². The first kappa shape index (κ1) is 20.8. The van der Waals surface area contributed by atoms with Crippen LogP contribution in [0.3, 0.4) is 0 Å². The van der Waals surface area contributed by atoms with Crippen molar-refractivity contribution in [2.45, 2.75) is 0 Å². The maximum absolute atomic E-state index is 10.6. The molecular weight excluding hydrogens is 393 g/mol. The summed E-state index contributed by atoms with van der Waals surface area (Å²) in [7, 11) is 0. The maximum atomic E-state index is 10.6. The quantitative estimate of drug-likeness (QED) is 0.584. The van der Waals surface area contributed by atoms with Gasteiger partial charge in [0.1, 0.15) is 10.0 Å². The third-order valence-corrected chi connectivity index (χ3v) is 3.46. The lowest BCUT2D eigenvalue weighted by Gasteiger charge is -1.97. The topological polar surface area (TPSA) is 167 Å². The third-order valence-electron chi connectivity index (χ3n) is 2.82. The van der Waals surface area contributed by atoms with Crippen molar-refractivity contribution in [2.75, 3.05) is 0 Å². The van der Waals surface area contributed by atoms with Crippen LogP contribution in [0.15, 0.2) is 36.4 Å². The molecule has 3 N–H and O–H groups in total. The fourth-order valence-electron chi connectivity index (χ4n) is 1.59. The van der Waals surface area contributed by atoms with Crippen molar-refractivity contribution < 1.29 is 24.5 Å². The van der Waals surface area contributed by atoms with Gasteiger partial charge in [-0.3, -0.25) is 25.0 Å². The lowest BCUT2D eigenvalue weighted by Crippen LogP contribution is -2.11. The summed E-state index contributed by atoms with van der Waals surface area (Å²) >= 11 is 11.0. The summed E-state index contributed by atoms with van der Waals surface area (Å²) < 4.78 is 0. The molecule has 0 atom stereocenters. The van der Waals surface area contributed by atoms with Gasteiger partial charge in [-0.15, -0.1) is 0 Å². The molecule has 0 aliphatic heterocycles. The van der Waals surface area contributed by atoms with Gasteiger partial charge in [0.2, 0.25) is 5.91 Å². The second-order valence-corrected chi connectivity index (χ2v) is 5.33. The standard InChI is InChI=1S/C7H5ClN2O3.C7H4ClNO4/c8-5-2-1-4(7(9)11)3-6(5)10(12)13;8-5-2-1-4(7(10)11)3-6(5)9(12)13/h1-3H,(H2,9,11);1-3H,(H,10,11). The van der Waals surface area contributed by atoms with Crippen LogP contribution in [0.2, 0.25) is 10.0 Å². The highest BCUT2D eigenvalue weighted by Crippen LogP contribution is 2.25. The zero-order chi connectivity index (χ0) is 20.0. The van der Waals surface area contributed by atoms with Gasteiger partial charge in [-0.2, -0.15) is 0 Å². The number of aromatic carboxylic acids is 1. The Labute approximate surface area is 155 Å². The molecule has 0 saturated carbocycles. The minimum atomic E-state index is -1.22. The average molecular weight is 402 g/mol. The SMILES string of the molecule is NC(=O)c1ccc(Cl)c([N+](=O)[O-])c1.O=C(O)c1ccc(Cl)c([N+](=O)[O-])c1. The molecule has 0 aliphatic rings. The van der Waals surface area contributed by atoms with Gasteiger partial charge >= 0.3 is 5.97 Å². The van der Waals surface area contributed by atoms with E-state index in [9.17, 15) is 29.8 Å². The van der Waals surface area contributed by atoms with E-state index < -0.39 is 27.4 Å². The Kier molecular flexibility index (Phi) is 6.99. The number of nitro groups is 2. The number of carbonyl (C=O) groups is 2. The molecule has 2 aromatic carbocycles. The van der Waals surface area contributed by atoms with Crippen molar-refractivity contribution in [1.82, 2.24) is 0 Å². The monoisotopic (exact) mass is 401 g/mol. The molecule has 0 bridgehead atoms. The number of benzene rings is 2. The summed E-state index contributed by atoms with van der Waals surface area (Å²) in [5, 5.41) is 29.1. The molecule has 0 aliphatic carbocycles. The van der Waals surface area contributed by atoms with Gasteiger partial charge < -0.3 is 10.8 Å². The minimum absolute atomic E-state index is 0.0185. The zero-order valence-electron chi connectivity index (χ0n) is 12.6. The second kappa shape index (κ2) is 8.74. The summed E-state index contributed by atoms with van der Waals surface area (Å²) in [6.45, 7) is 0. The molecule has 0 heterocycles. The molecule has 0 aromatic heterocycles. The van der Waals surface area contributed by atoms with Crippen molar-refractivity contribution in [1.29, 1.82) is 0 Å². The Morgan fingerprint density at radius 1 is 0.885 bits per heavy atom. The van der Waals surface area contributed by atoms with E-state index in [1.54, 1.807) is 0 Å². The molecule has 136 valence electrons. The minimum Gasteiger partial charge on any atom is -0.478 e. The normalized spacial score (nSPS) is 9.62. The fraction of sp³-hybridized carbons (Fsp3) is 0. The highest BCUT2D eigenvalue weighted by atomic mass is 35.5. The molecular formula is C14H9Cl2N3O7. The van der Waals surface area contributed by atoms with E-state index in [1.165, 1.54) is 24.3 Å². The fourth-order valence-corrected chi connectivity index (χ4v) is 1.96.